The highest BCUT2D eigenvalue weighted by Gasteiger charge is 2.27. The van der Waals surface area contributed by atoms with E-state index in [-0.39, 0.29) is 0 Å². The van der Waals surface area contributed by atoms with Gasteiger partial charge in [0.05, 0.1) is 5.69 Å². The highest BCUT2D eigenvalue weighted by Crippen LogP contribution is 2.36. The predicted molar refractivity (Wildman–Crippen MR) is 77.0 cm³/mol. The summed E-state index contributed by atoms with van der Waals surface area (Å²) in [6, 6.07) is 8.14. The van der Waals surface area contributed by atoms with Crippen LogP contribution in [-0.2, 0) is 12.8 Å². The Labute approximate surface area is 118 Å². The van der Waals surface area contributed by atoms with E-state index in [0.29, 0.717) is 5.92 Å². The molecule has 0 fully saturated rings. The molecule has 100 valence electrons. The number of hydrogen-bond donors (Lipinski definition) is 0. The molecule has 1 aliphatic carbocycles. The van der Waals surface area contributed by atoms with Crippen LogP contribution in [0.5, 0.6) is 0 Å². The van der Waals surface area contributed by atoms with Crippen LogP contribution in [0.1, 0.15) is 29.2 Å². The summed E-state index contributed by atoms with van der Waals surface area (Å²) in [6.07, 6.45) is 3.08. The van der Waals surface area contributed by atoms with Crippen molar-refractivity contribution in [3.63, 3.8) is 0 Å². The molecule has 0 spiro atoms. The number of aromatic nitrogens is 1. The Morgan fingerprint density at radius 2 is 2.21 bits per heavy atom. The van der Waals surface area contributed by atoms with Gasteiger partial charge in [-0.2, -0.15) is 0 Å². The van der Waals surface area contributed by atoms with Gasteiger partial charge in [-0.25, -0.2) is 0 Å². The maximum atomic E-state index is 6.07. The fraction of sp³-hybridized carbons (Fsp3) is 0.400. The fourth-order valence-electron chi connectivity index (χ4n) is 2.79. The first-order valence-corrected chi connectivity index (χ1v) is 6.93. The minimum absolute atomic E-state index is 0.492. The molecule has 1 aliphatic rings. The number of hydrogen-bond acceptors (Lipinski definition) is 3. The summed E-state index contributed by atoms with van der Waals surface area (Å²) in [5.41, 5.74) is 3.66. The maximum absolute atomic E-state index is 6.07. The van der Waals surface area contributed by atoms with Gasteiger partial charge in [-0.1, -0.05) is 28.9 Å². The average Bonchev–Trinajstić information content (AvgIpc) is 2.81. The van der Waals surface area contributed by atoms with Gasteiger partial charge in [0.15, 0.2) is 0 Å². The molecule has 1 aromatic heterocycles. The monoisotopic (exact) mass is 276 g/mol. The van der Waals surface area contributed by atoms with Crippen LogP contribution >= 0.6 is 11.6 Å². The lowest BCUT2D eigenvalue weighted by molar-refractivity contribution is 0.413. The topological polar surface area (TPSA) is 29.3 Å². The molecular formula is C15H17ClN2O. The molecule has 0 saturated carbocycles. The summed E-state index contributed by atoms with van der Waals surface area (Å²) in [7, 11) is 3.98. The van der Waals surface area contributed by atoms with Gasteiger partial charge in [-0.05, 0) is 36.5 Å². The Kier molecular flexibility index (Phi) is 3.23. The molecule has 1 aromatic carbocycles. The van der Waals surface area contributed by atoms with E-state index < -0.39 is 0 Å². The molecular weight excluding hydrogens is 260 g/mol. The number of benzene rings is 1. The van der Waals surface area contributed by atoms with Crippen molar-refractivity contribution < 1.29 is 4.52 Å². The molecule has 1 atom stereocenters. The van der Waals surface area contributed by atoms with E-state index in [9.17, 15) is 0 Å². The summed E-state index contributed by atoms with van der Waals surface area (Å²) in [6.45, 7) is 0. The second kappa shape index (κ2) is 4.89. The van der Waals surface area contributed by atoms with E-state index in [4.69, 9.17) is 16.1 Å². The Morgan fingerprint density at radius 1 is 1.37 bits per heavy atom. The lowest BCUT2D eigenvalue weighted by Gasteiger charge is -2.22. The number of fused-ring (bicyclic) bond motifs is 1. The van der Waals surface area contributed by atoms with Crippen molar-refractivity contribution in [2.45, 2.75) is 25.2 Å². The summed E-state index contributed by atoms with van der Waals surface area (Å²) >= 11 is 6.07. The molecule has 0 radical (unpaired) electrons. The zero-order valence-electron chi connectivity index (χ0n) is 11.2. The van der Waals surface area contributed by atoms with Crippen molar-refractivity contribution in [2.24, 2.45) is 0 Å². The van der Waals surface area contributed by atoms with Crippen LogP contribution in [-0.4, -0.2) is 19.3 Å². The van der Waals surface area contributed by atoms with Crippen molar-refractivity contribution in [2.75, 3.05) is 19.0 Å². The molecule has 0 bridgehead atoms. The van der Waals surface area contributed by atoms with Crippen LogP contribution in [0.2, 0.25) is 5.02 Å². The second-order valence-electron chi connectivity index (χ2n) is 5.30. The molecule has 1 unspecified atom stereocenters. The maximum Gasteiger partial charge on any atom is 0.230 e. The van der Waals surface area contributed by atoms with Gasteiger partial charge in [0.1, 0.15) is 0 Å². The van der Waals surface area contributed by atoms with Crippen molar-refractivity contribution in [3.05, 3.63) is 46.1 Å². The van der Waals surface area contributed by atoms with Gasteiger partial charge < -0.3 is 9.42 Å². The van der Waals surface area contributed by atoms with Crippen LogP contribution in [0.15, 0.2) is 28.8 Å². The number of rotatable bonds is 2. The van der Waals surface area contributed by atoms with Crippen LogP contribution in [0.25, 0.3) is 0 Å². The Morgan fingerprint density at radius 3 is 2.95 bits per heavy atom. The van der Waals surface area contributed by atoms with E-state index >= 15 is 0 Å². The standard InChI is InChI=1S/C15H17ClN2O/c1-18(2)15-13-7-6-11(9-14(13)17-19-15)10-4-3-5-12(16)8-10/h3-5,8,11H,6-7,9H2,1-2H3. The summed E-state index contributed by atoms with van der Waals surface area (Å²) in [4.78, 5) is 1.99. The Hall–Kier alpha value is -1.48. The molecule has 3 nitrogen and oxygen atoms in total. The van der Waals surface area contributed by atoms with Gasteiger partial charge in [-0.15, -0.1) is 0 Å². The van der Waals surface area contributed by atoms with Gasteiger partial charge in [0.2, 0.25) is 5.88 Å². The first-order valence-electron chi connectivity index (χ1n) is 6.55. The first kappa shape index (κ1) is 12.5. The second-order valence-corrected chi connectivity index (χ2v) is 5.74. The van der Waals surface area contributed by atoms with Crippen LogP contribution in [0.4, 0.5) is 5.88 Å². The third kappa shape index (κ3) is 2.35. The molecule has 3 rings (SSSR count). The SMILES string of the molecule is CN(C)c1onc2c1CCC(c1cccc(Cl)c1)C2. The van der Waals surface area contributed by atoms with Crippen molar-refractivity contribution in [1.82, 2.24) is 5.16 Å². The van der Waals surface area contributed by atoms with Crippen LogP contribution < -0.4 is 4.90 Å². The van der Waals surface area contributed by atoms with E-state index in [2.05, 4.69) is 17.3 Å². The first-order chi connectivity index (χ1) is 9.15. The van der Waals surface area contributed by atoms with Gasteiger partial charge >= 0.3 is 0 Å². The quantitative estimate of drug-likeness (QED) is 0.838. The molecule has 2 aromatic rings. The predicted octanol–water partition coefficient (Wildman–Crippen LogP) is 3.67. The van der Waals surface area contributed by atoms with Crippen LogP contribution in [0, 0.1) is 0 Å². The van der Waals surface area contributed by atoms with E-state index in [1.165, 1.54) is 11.1 Å². The van der Waals surface area contributed by atoms with E-state index in [1.54, 1.807) is 0 Å². The smallest absolute Gasteiger partial charge is 0.230 e. The van der Waals surface area contributed by atoms with Crippen molar-refractivity contribution in [1.29, 1.82) is 0 Å². The Bertz CT molecular complexity index is 592. The molecule has 19 heavy (non-hydrogen) atoms. The van der Waals surface area contributed by atoms with Gasteiger partial charge in [0, 0.05) is 31.1 Å². The molecule has 0 saturated heterocycles. The number of halogens is 1. The lowest BCUT2D eigenvalue weighted by atomic mass is 9.83. The summed E-state index contributed by atoms with van der Waals surface area (Å²) in [5, 5.41) is 5.03. The average molecular weight is 277 g/mol. The van der Waals surface area contributed by atoms with Gasteiger partial charge in [-0.3, -0.25) is 0 Å². The highest BCUT2D eigenvalue weighted by atomic mass is 35.5. The van der Waals surface area contributed by atoms with Crippen molar-refractivity contribution in [3.8, 4) is 0 Å². The van der Waals surface area contributed by atoms with Crippen molar-refractivity contribution >= 4 is 17.5 Å². The highest BCUT2D eigenvalue weighted by molar-refractivity contribution is 6.30. The van der Waals surface area contributed by atoms with Crippen LogP contribution in [0.3, 0.4) is 0 Å². The van der Waals surface area contributed by atoms with E-state index in [1.807, 2.05) is 31.1 Å². The molecule has 4 heteroatoms. The third-order valence-electron chi connectivity index (χ3n) is 3.76. The fourth-order valence-corrected chi connectivity index (χ4v) is 2.99. The van der Waals surface area contributed by atoms with E-state index in [0.717, 1.165) is 35.9 Å². The molecule has 0 aliphatic heterocycles. The number of nitrogens with zero attached hydrogens (tertiary/aromatic N) is 2. The normalized spacial score (nSPS) is 18.2. The Balaban J connectivity index is 1.87. The number of anilines is 1. The largest absolute Gasteiger partial charge is 0.347 e. The lowest BCUT2D eigenvalue weighted by Crippen LogP contribution is -2.15. The summed E-state index contributed by atoms with van der Waals surface area (Å²) in [5.74, 6) is 1.39. The van der Waals surface area contributed by atoms with Gasteiger partial charge in [0.25, 0.3) is 0 Å². The zero-order valence-corrected chi connectivity index (χ0v) is 11.9. The molecule has 0 amide bonds. The minimum Gasteiger partial charge on any atom is -0.347 e. The summed E-state index contributed by atoms with van der Waals surface area (Å²) < 4.78 is 5.44. The molecule has 1 heterocycles. The zero-order chi connectivity index (χ0) is 13.4. The molecule has 0 N–H and O–H groups in total. The minimum atomic E-state index is 0.492. The third-order valence-corrected chi connectivity index (χ3v) is 3.99.